The third-order valence-corrected chi connectivity index (χ3v) is 6.77. The van der Waals surface area contributed by atoms with Crippen molar-refractivity contribution in [2.24, 2.45) is 0 Å². The van der Waals surface area contributed by atoms with E-state index >= 15 is 0 Å². The average Bonchev–Trinajstić information content (AvgIpc) is 3.26. The third kappa shape index (κ3) is 5.83. The number of nitrogens with one attached hydrogen (secondary N) is 1. The topological polar surface area (TPSA) is 43.3 Å². The maximum atomic E-state index is 12.5. The average molecular weight is 469 g/mol. The number of para-hydroxylation sites is 1. The van der Waals surface area contributed by atoms with Crippen LogP contribution in [0, 0.1) is 0 Å². The predicted molar refractivity (Wildman–Crippen MR) is 145 cm³/mol. The van der Waals surface area contributed by atoms with Crippen LogP contribution in [0.2, 0.25) is 0 Å². The Morgan fingerprint density at radius 1 is 0.914 bits per heavy atom. The summed E-state index contributed by atoms with van der Waals surface area (Å²) in [5.41, 5.74) is 6.84. The molecule has 3 aromatic carbocycles. The SMILES string of the molecule is COC(C)c1ccc2c(c1)c(CCCCNC(=O)c1ccc(C(C)C)cc1)cn2-c1ccccc1. The van der Waals surface area contributed by atoms with Gasteiger partial charge in [0.1, 0.15) is 0 Å². The first-order chi connectivity index (χ1) is 17.0. The number of hydrogen-bond donors (Lipinski definition) is 1. The number of fused-ring (bicyclic) bond motifs is 1. The standard InChI is InChI=1S/C31H36N2O2/c1-22(2)24-13-15-25(16-14-24)31(34)32-19-9-8-10-27-21-33(28-11-6-5-7-12-28)30-18-17-26(20-29(27)30)23(3)35-4/h5-7,11-18,20-23H,8-10,19H2,1-4H3,(H,32,34). The van der Waals surface area contributed by atoms with Gasteiger partial charge in [-0.15, -0.1) is 0 Å². The number of methoxy groups -OCH3 is 1. The fourth-order valence-electron chi connectivity index (χ4n) is 4.47. The molecule has 182 valence electrons. The summed E-state index contributed by atoms with van der Waals surface area (Å²) in [6.07, 6.45) is 5.21. The minimum atomic E-state index is -0.000758. The number of hydrogen-bond acceptors (Lipinski definition) is 2. The number of rotatable bonds is 10. The highest BCUT2D eigenvalue weighted by Crippen LogP contribution is 2.29. The molecule has 35 heavy (non-hydrogen) atoms. The van der Waals surface area contributed by atoms with Crippen LogP contribution in [0.3, 0.4) is 0 Å². The normalized spacial score (nSPS) is 12.3. The number of aryl methyl sites for hydroxylation is 1. The molecule has 4 nitrogen and oxygen atoms in total. The summed E-state index contributed by atoms with van der Waals surface area (Å²) in [6.45, 7) is 7.07. The van der Waals surface area contributed by atoms with E-state index in [1.54, 1.807) is 7.11 Å². The summed E-state index contributed by atoms with van der Waals surface area (Å²) in [4.78, 5) is 12.5. The molecule has 4 rings (SSSR count). The molecule has 4 aromatic rings. The van der Waals surface area contributed by atoms with Gasteiger partial charge in [0.2, 0.25) is 0 Å². The van der Waals surface area contributed by atoms with Crippen molar-refractivity contribution in [3.8, 4) is 5.69 Å². The first-order valence-electron chi connectivity index (χ1n) is 12.6. The molecular formula is C31H36N2O2. The van der Waals surface area contributed by atoms with Crippen molar-refractivity contribution in [1.82, 2.24) is 9.88 Å². The van der Waals surface area contributed by atoms with E-state index < -0.39 is 0 Å². The highest BCUT2D eigenvalue weighted by Gasteiger charge is 2.13. The van der Waals surface area contributed by atoms with Crippen LogP contribution >= 0.6 is 0 Å². The molecular weight excluding hydrogens is 432 g/mol. The van der Waals surface area contributed by atoms with Gasteiger partial charge in [-0.2, -0.15) is 0 Å². The van der Waals surface area contributed by atoms with Crippen LogP contribution in [0.15, 0.2) is 79.0 Å². The lowest BCUT2D eigenvalue weighted by Gasteiger charge is -2.11. The summed E-state index contributed by atoms with van der Waals surface area (Å²) < 4.78 is 7.83. The van der Waals surface area contributed by atoms with Crippen molar-refractivity contribution < 1.29 is 9.53 Å². The molecule has 1 N–H and O–H groups in total. The Bertz CT molecular complexity index is 1260. The molecule has 1 heterocycles. The molecule has 1 unspecified atom stereocenters. The van der Waals surface area contributed by atoms with Crippen LogP contribution in [0.25, 0.3) is 16.6 Å². The highest BCUT2D eigenvalue weighted by atomic mass is 16.5. The Balaban J connectivity index is 1.42. The first-order valence-corrected chi connectivity index (χ1v) is 12.6. The molecule has 0 aliphatic heterocycles. The molecule has 0 radical (unpaired) electrons. The van der Waals surface area contributed by atoms with Gasteiger partial charge in [-0.3, -0.25) is 4.79 Å². The van der Waals surface area contributed by atoms with Gasteiger partial charge in [0.25, 0.3) is 5.91 Å². The molecule has 0 spiro atoms. The summed E-state index contributed by atoms with van der Waals surface area (Å²) in [5.74, 6) is 0.466. The predicted octanol–water partition coefficient (Wildman–Crippen LogP) is 7.21. The van der Waals surface area contributed by atoms with Crippen LogP contribution < -0.4 is 5.32 Å². The van der Waals surface area contributed by atoms with Crippen LogP contribution in [-0.4, -0.2) is 24.1 Å². The fourth-order valence-corrected chi connectivity index (χ4v) is 4.47. The minimum absolute atomic E-state index is 0.000758. The number of carbonyl (C=O) groups excluding carboxylic acids is 1. The van der Waals surface area contributed by atoms with Crippen LogP contribution in [0.4, 0.5) is 0 Å². The Kier molecular flexibility index (Phi) is 8.04. The summed E-state index contributed by atoms with van der Waals surface area (Å²) in [5, 5.41) is 4.34. The van der Waals surface area contributed by atoms with Crippen molar-refractivity contribution in [1.29, 1.82) is 0 Å². The quantitative estimate of drug-likeness (QED) is 0.250. The Hall–Kier alpha value is -3.37. The van der Waals surface area contributed by atoms with Crippen molar-refractivity contribution in [3.63, 3.8) is 0 Å². The Labute approximate surface area is 208 Å². The lowest BCUT2D eigenvalue weighted by molar-refractivity contribution is 0.0953. The van der Waals surface area contributed by atoms with E-state index in [0.717, 1.165) is 30.5 Å². The Morgan fingerprint density at radius 2 is 1.63 bits per heavy atom. The molecule has 4 heteroatoms. The molecule has 1 atom stereocenters. The second-order valence-corrected chi connectivity index (χ2v) is 9.50. The maximum absolute atomic E-state index is 12.5. The van der Waals surface area contributed by atoms with Crippen molar-refractivity contribution in [2.45, 2.75) is 52.1 Å². The van der Waals surface area contributed by atoms with Crippen LogP contribution in [0.1, 0.15) is 72.7 Å². The Morgan fingerprint density at radius 3 is 2.31 bits per heavy atom. The number of ether oxygens (including phenoxy) is 1. The lowest BCUT2D eigenvalue weighted by Crippen LogP contribution is -2.24. The van der Waals surface area contributed by atoms with E-state index in [2.05, 4.69) is 79.3 Å². The van der Waals surface area contributed by atoms with Gasteiger partial charge in [0.15, 0.2) is 0 Å². The fraction of sp³-hybridized carbons (Fsp3) is 0.323. The van der Waals surface area contributed by atoms with E-state index in [1.807, 2.05) is 30.3 Å². The summed E-state index contributed by atoms with van der Waals surface area (Å²) in [7, 11) is 1.75. The molecule has 0 fully saturated rings. The van der Waals surface area contributed by atoms with Gasteiger partial charge in [-0.25, -0.2) is 0 Å². The number of unbranched alkanes of at least 4 members (excludes halogenated alkanes) is 1. The molecule has 0 saturated carbocycles. The zero-order chi connectivity index (χ0) is 24.8. The smallest absolute Gasteiger partial charge is 0.251 e. The third-order valence-electron chi connectivity index (χ3n) is 6.77. The number of nitrogens with zero attached hydrogens (tertiary/aromatic N) is 1. The number of carbonyl (C=O) groups is 1. The molecule has 0 aliphatic rings. The van der Waals surface area contributed by atoms with Crippen molar-refractivity contribution in [3.05, 3.63) is 101 Å². The van der Waals surface area contributed by atoms with Crippen molar-refractivity contribution in [2.75, 3.05) is 13.7 Å². The zero-order valence-corrected chi connectivity index (χ0v) is 21.3. The lowest BCUT2D eigenvalue weighted by atomic mass is 10.0. The highest BCUT2D eigenvalue weighted by molar-refractivity contribution is 5.94. The molecule has 0 bridgehead atoms. The molecule has 0 aliphatic carbocycles. The van der Waals surface area contributed by atoms with Gasteiger partial charge in [0.05, 0.1) is 11.6 Å². The van der Waals surface area contributed by atoms with E-state index in [9.17, 15) is 4.79 Å². The number of amides is 1. The molecule has 1 amide bonds. The summed E-state index contributed by atoms with van der Waals surface area (Å²) in [6, 6.07) is 25.0. The monoisotopic (exact) mass is 468 g/mol. The van der Waals surface area contributed by atoms with Crippen molar-refractivity contribution >= 4 is 16.8 Å². The molecule has 1 aromatic heterocycles. The van der Waals surface area contributed by atoms with Crippen LogP contribution in [0.5, 0.6) is 0 Å². The minimum Gasteiger partial charge on any atom is -0.377 e. The van der Waals surface area contributed by atoms with Gasteiger partial charge >= 0.3 is 0 Å². The van der Waals surface area contributed by atoms with E-state index in [4.69, 9.17) is 4.74 Å². The van der Waals surface area contributed by atoms with Gasteiger partial charge in [-0.1, -0.05) is 50.2 Å². The van der Waals surface area contributed by atoms with E-state index in [1.165, 1.54) is 27.6 Å². The van der Waals surface area contributed by atoms with Gasteiger partial charge in [0, 0.05) is 36.5 Å². The largest absolute Gasteiger partial charge is 0.377 e. The number of benzene rings is 3. The first kappa shape index (κ1) is 24.7. The zero-order valence-electron chi connectivity index (χ0n) is 21.3. The second-order valence-electron chi connectivity index (χ2n) is 9.50. The summed E-state index contributed by atoms with van der Waals surface area (Å²) >= 11 is 0. The van der Waals surface area contributed by atoms with E-state index in [-0.39, 0.29) is 12.0 Å². The van der Waals surface area contributed by atoms with Crippen LogP contribution in [-0.2, 0) is 11.2 Å². The second kappa shape index (κ2) is 11.4. The number of aromatic nitrogens is 1. The molecule has 0 saturated heterocycles. The van der Waals surface area contributed by atoms with E-state index in [0.29, 0.717) is 12.5 Å². The van der Waals surface area contributed by atoms with Gasteiger partial charge < -0.3 is 14.6 Å². The van der Waals surface area contributed by atoms with Gasteiger partial charge in [-0.05, 0) is 85.2 Å². The maximum Gasteiger partial charge on any atom is 0.251 e.